The third kappa shape index (κ3) is 7.87. The normalized spacial score (nSPS) is 18.7. The maximum absolute atomic E-state index is 14.1. The second kappa shape index (κ2) is 16.0. The van der Waals surface area contributed by atoms with Gasteiger partial charge in [-0.15, -0.1) is 0 Å². The molecule has 6 aromatic carbocycles. The van der Waals surface area contributed by atoms with E-state index in [1.54, 1.807) is 0 Å². The van der Waals surface area contributed by atoms with Crippen molar-refractivity contribution in [2.45, 2.75) is 65.8 Å². The van der Waals surface area contributed by atoms with Gasteiger partial charge in [0.15, 0.2) is 0 Å². The number of halogens is 4. The predicted molar refractivity (Wildman–Crippen MR) is 215 cm³/mol. The van der Waals surface area contributed by atoms with Crippen LogP contribution in [0.1, 0.15) is 70.4 Å². The standard InChI is InChI=1S/2C24H21F2NO/c2*1-14-7-8-19(13-15(14)2)17-9-11-18(12-10-17)23-16(3)28-24(27-23)22-20(25)5-4-6-21(22)26/h2*4-13,16,23H,1-3H3/t2*16-,23-/m10/s1. The lowest BCUT2D eigenvalue weighted by atomic mass is 9.97. The molecule has 8 rings (SSSR count). The Hall–Kier alpha value is -6.02. The van der Waals surface area contributed by atoms with Gasteiger partial charge in [-0.1, -0.05) is 97.1 Å². The first kappa shape index (κ1) is 38.3. The minimum absolute atomic E-state index is 0.0198. The summed E-state index contributed by atoms with van der Waals surface area (Å²) in [5, 5.41) is 0. The number of rotatable bonds is 6. The van der Waals surface area contributed by atoms with Crippen molar-refractivity contribution in [2.24, 2.45) is 9.98 Å². The minimum Gasteiger partial charge on any atom is -0.472 e. The zero-order valence-corrected chi connectivity index (χ0v) is 32.1. The molecule has 0 saturated carbocycles. The highest BCUT2D eigenvalue weighted by Gasteiger charge is 2.33. The molecule has 2 heterocycles. The summed E-state index contributed by atoms with van der Waals surface area (Å²) in [5.41, 5.74) is 11.1. The summed E-state index contributed by atoms with van der Waals surface area (Å²) in [7, 11) is 0. The van der Waals surface area contributed by atoms with Crippen LogP contribution >= 0.6 is 0 Å². The number of hydrogen-bond donors (Lipinski definition) is 0. The number of ether oxygens (including phenoxy) is 2. The molecule has 0 bridgehead atoms. The Kier molecular flexibility index (Phi) is 10.9. The summed E-state index contributed by atoms with van der Waals surface area (Å²) in [6.07, 6.45) is -0.608. The smallest absolute Gasteiger partial charge is 0.223 e. The van der Waals surface area contributed by atoms with Crippen LogP contribution in [0.2, 0.25) is 0 Å². The molecule has 0 spiro atoms. The zero-order valence-electron chi connectivity index (χ0n) is 32.1. The Bertz CT molecular complexity index is 2250. The van der Waals surface area contributed by atoms with E-state index in [1.807, 2.05) is 62.4 Å². The highest BCUT2D eigenvalue weighted by molar-refractivity contribution is 5.96. The van der Waals surface area contributed by atoms with Gasteiger partial charge in [-0.3, -0.25) is 0 Å². The number of benzene rings is 6. The topological polar surface area (TPSA) is 43.2 Å². The van der Waals surface area contributed by atoms with Crippen molar-refractivity contribution in [3.8, 4) is 22.3 Å². The van der Waals surface area contributed by atoms with Gasteiger partial charge in [-0.2, -0.15) is 0 Å². The molecule has 6 aromatic rings. The van der Waals surface area contributed by atoms with E-state index < -0.39 is 23.3 Å². The van der Waals surface area contributed by atoms with Gasteiger partial charge in [0.05, 0.1) is 0 Å². The number of nitrogens with zero attached hydrogens (tertiary/aromatic N) is 2. The molecule has 0 aromatic heterocycles. The Balaban J connectivity index is 0.000000172. The van der Waals surface area contributed by atoms with E-state index >= 15 is 0 Å². The largest absolute Gasteiger partial charge is 0.472 e. The van der Waals surface area contributed by atoms with Crippen LogP contribution in [0.3, 0.4) is 0 Å². The molecule has 2 aliphatic rings. The third-order valence-corrected chi connectivity index (χ3v) is 10.5. The van der Waals surface area contributed by atoms with Crippen molar-refractivity contribution in [1.82, 2.24) is 0 Å². The van der Waals surface area contributed by atoms with Crippen molar-refractivity contribution >= 4 is 11.8 Å². The van der Waals surface area contributed by atoms with Gasteiger partial charge in [0.25, 0.3) is 0 Å². The fourth-order valence-corrected chi connectivity index (χ4v) is 6.93. The van der Waals surface area contributed by atoms with Crippen molar-refractivity contribution in [3.63, 3.8) is 0 Å². The Morgan fingerprint density at radius 2 is 0.732 bits per heavy atom. The monoisotopic (exact) mass is 754 g/mol. The minimum atomic E-state index is -0.670. The van der Waals surface area contributed by atoms with E-state index in [2.05, 4.69) is 74.1 Å². The lowest BCUT2D eigenvalue weighted by Gasteiger charge is -2.14. The molecule has 8 heteroatoms. The van der Waals surface area contributed by atoms with Crippen LogP contribution < -0.4 is 0 Å². The molecule has 0 saturated heterocycles. The molecular formula is C48H42F4N2O2. The van der Waals surface area contributed by atoms with Gasteiger partial charge in [-0.25, -0.2) is 27.5 Å². The third-order valence-electron chi connectivity index (χ3n) is 10.5. The molecule has 0 fully saturated rings. The Labute approximate surface area is 325 Å². The van der Waals surface area contributed by atoms with Crippen LogP contribution in [0.5, 0.6) is 0 Å². The van der Waals surface area contributed by atoms with Crippen molar-refractivity contribution in [1.29, 1.82) is 0 Å². The van der Waals surface area contributed by atoms with Gasteiger partial charge < -0.3 is 9.47 Å². The molecule has 0 aliphatic carbocycles. The van der Waals surface area contributed by atoms with Crippen LogP contribution in [0.15, 0.2) is 131 Å². The van der Waals surface area contributed by atoms with Gasteiger partial charge in [0, 0.05) is 0 Å². The van der Waals surface area contributed by atoms with E-state index in [1.165, 1.54) is 58.7 Å². The van der Waals surface area contributed by atoms with Crippen LogP contribution in [0.25, 0.3) is 22.3 Å². The zero-order chi connectivity index (χ0) is 39.7. The van der Waals surface area contributed by atoms with E-state index in [0.29, 0.717) is 0 Å². The number of aliphatic imine (C=N–C) groups is 2. The molecule has 2 aliphatic heterocycles. The van der Waals surface area contributed by atoms with Crippen molar-refractivity contribution in [3.05, 3.63) is 189 Å². The van der Waals surface area contributed by atoms with E-state index in [-0.39, 0.29) is 47.2 Å². The fourth-order valence-electron chi connectivity index (χ4n) is 6.93. The average Bonchev–Trinajstić information content (AvgIpc) is 3.76. The molecule has 4 atom stereocenters. The van der Waals surface area contributed by atoms with Crippen LogP contribution in [-0.2, 0) is 9.47 Å². The predicted octanol–water partition coefficient (Wildman–Crippen LogP) is 12.3. The molecular weight excluding hydrogens is 713 g/mol. The van der Waals surface area contributed by atoms with E-state index in [4.69, 9.17) is 9.47 Å². The Morgan fingerprint density at radius 1 is 0.411 bits per heavy atom. The van der Waals surface area contributed by atoms with Gasteiger partial charge in [-0.05, 0) is 121 Å². The number of hydrogen-bond acceptors (Lipinski definition) is 4. The quantitative estimate of drug-likeness (QED) is 0.159. The first-order valence-corrected chi connectivity index (χ1v) is 18.6. The lowest BCUT2D eigenvalue weighted by Crippen LogP contribution is -2.14. The fraction of sp³-hybridized carbons (Fsp3) is 0.208. The van der Waals surface area contributed by atoms with E-state index in [9.17, 15) is 17.6 Å². The maximum Gasteiger partial charge on any atom is 0.223 e. The first-order chi connectivity index (χ1) is 26.9. The summed E-state index contributed by atoms with van der Waals surface area (Å²) in [4.78, 5) is 8.95. The summed E-state index contributed by atoms with van der Waals surface area (Å²) in [6.45, 7) is 12.1. The van der Waals surface area contributed by atoms with Crippen LogP contribution in [0.4, 0.5) is 17.6 Å². The lowest BCUT2D eigenvalue weighted by molar-refractivity contribution is 0.212. The molecule has 0 radical (unpaired) electrons. The molecule has 0 unspecified atom stereocenters. The second-order valence-electron chi connectivity index (χ2n) is 14.4. The highest BCUT2D eigenvalue weighted by Crippen LogP contribution is 2.35. The molecule has 0 N–H and O–H groups in total. The van der Waals surface area contributed by atoms with E-state index in [0.717, 1.165) is 33.4 Å². The molecule has 284 valence electrons. The Morgan fingerprint density at radius 3 is 1.05 bits per heavy atom. The summed E-state index contributed by atoms with van der Waals surface area (Å²) >= 11 is 0. The number of aryl methyl sites for hydroxylation is 4. The summed E-state index contributed by atoms with van der Waals surface area (Å²) in [6, 6.07) is 35.9. The van der Waals surface area contributed by atoms with Crippen LogP contribution in [-0.4, -0.2) is 24.0 Å². The van der Waals surface area contributed by atoms with Gasteiger partial charge in [0.2, 0.25) is 11.8 Å². The molecule has 4 nitrogen and oxygen atoms in total. The SMILES string of the molecule is Cc1ccc(-c2ccc([C@@H]3N=C(c4c(F)cccc4F)O[C@@H]3C)cc2)cc1C.Cc1ccc(-c2ccc([C@H]3N=C(c4c(F)cccc4F)O[C@H]3C)cc2)cc1C. The molecule has 56 heavy (non-hydrogen) atoms. The van der Waals surface area contributed by atoms with Gasteiger partial charge in [0.1, 0.15) is 58.7 Å². The molecule has 0 amide bonds. The van der Waals surface area contributed by atoms with Crippen LogP contribution in [0, 0.1) is 51.0 Å². The first-order valence-electron chi connectivity index (χ1n) is 18.6. The van der Waals surface area contributed by atoms with Crippen molar-refractivity contribution in [2.75, 3.05) is 0 Å². The maximum atomic E-state index is 14.1. The van der Waals surface area contributed by atoms with Gasteiger partial charge >= 0.3 is 0 Å². The highest BCUT2D eigenvalue weighted by atomic mass is 19.1. The van der Waals surface area contributed by atoms with Crippen molar-refractivity contribution < 1.29 is 27.0 Å². The summed E-state index contributed by atoms with van der Waals surface area (Å²) in [5.74, 6) is -2.64. The second-order valence-corrected chi connectivity index (χ2v) is 14.4. The summed E-state index contributed by atoms with van der Waals surface area (Å²) < 4.78 is 67.6. The average molecular weight is 755 g/mol.